The van der Waals surface area contributed by atoms with Gasteiger partial charge in [-0.25, -0.2) is 0 Å². The second kappa shape index (κ2) is 9.09. The zero-order chi connectivity index (χ0) is 18.5. The predicted octanol–water partition coefficient (Wildman–Crippen LogP) is 3.63. The minimum atomic E-state index is 0.260. The van der Waals surface area contributed by atoms with Crippen LogP contribution < -0.4 is 4.90 Å². The summed E-state index contributed by atoms with van der Waals surface area (Å²) in [6.07, 6.45) is 9.25. The smallest absolute Gasteiger partial charge is 0.225 e. The number of rotatable bonds is 4. The van der Waals surface area contributed by atoms with Gasteiger partial charge in [0, 0.05) is 44.3 Å². The summed E-state index contributed by atoms with van der Waals surface area (Å²) in [6, 6.07) is 10.6. The van der Waals surface area contributed by atoms with Crippen LogP contribution in [-0.4, -0.2) is 61.5 Å². The van der Waals surface area contributed by atoms with Crippen molar-refractivity contribution < 1.29 is 4.79 Å². The van der Waals surface area contributed by atoms with Crippen molar-refractivity contribution in [3.8, 4) is 0 Å². The van der Waals surface area contributed by atoms with Gasteiger partial charge in [-0.3, -0.25) is 4.79 Å². The summed E-state index contributed by atoms with van der Waals surface area (Å²) in [7, 11) is 0. The van der Waals surface area contributed by atoms with Crippen LogP contribution in [0.3, 0.4) is 0 Å². The Kier molecular flexibility index (Phi) is 6.33. The number of hydrogen-bond donors (Lipinski definition) is 0. The number of hydrogen-bond acceptors (Lipinski definition) is 3. The number of carbonyl (C=O) groups excluding carboxylic acids is 1. The van der Waals surface area contributed by atoms with E-state index >= 15 is 0 Å². The zero-order valence-electron chi connectivity index (χ0n) is 16.7. The van der Waals surface area contributed by atoms with Gasteiger partial charge in [0.25, 0.3) is 0 Å². The van der Waals surface area contributed by atoms with Gasteiger partial charge in [0.1, 0.15) is 0 Å². The zero-order valence-corrected chi connectivity index (χ0v) is 16.7. The molecule has 0 N–H and O–H groups in total. The van der Waals surface area contributed by atoms with E-state index < -0.39 is 0 Å². The molecule has 0 unspecified atom stereocenters. The maximum Gasteiger partial charge on any atom is 0.225 e. The third-order valence-corrected chi connectivity index (χ3v) is 6.89. The van der Waals surface area contributed by atoms with Crippen LogP contribution in [-0.2, 0) is 4.79 Å². The molecular weight excluding hydrogens is 334 g/mol. The van der Waals surface area contributed by atoms with Crippen molar-refractivity contribution in [2.75, 3.05) is 50.7 Å². The Bertz CT molecular complexity index is 583. The van der Waals surface area contributed by atoms with Crippen molar-refractivity contribution in [2.24, 2.45) is 11.8 Å². The third-order valence-electron chi connectivity index (χ3n) is 6.89. The number of carbonyl (C=O) groups is 1. The number of piperazine rings is 1. The van der Waals surface area contributed by atoms with E-state index in [1.54, 1.807) is 0 Å². The van der Waals surface area contributed by atoms with Crippen LogP contribution in [0.25, 0.3) is 0 Å². The lowest BCUT2D eigenvalue weighted by Crippen LogP contribution is -2.51. The van der Waals surface area contributed by atoms with Gasteiger partial charge < -0.3 is 14.7 Å². The lowest BCUT2D eigenvalue weighted by molar-refractivity contribution is -0.137. The van der Waals surface area contributed by atoms with E-state index in [0.29, 0.717) is 5.91 Å². The second-order valence-electron chi connectivity index (χ2n) is 8.73. The standard InChI is InChI=1S/C23H35N3O/c27-23(26-17-15-25(16-18-26)22-9-5-2-6-10-22)21-11-13-24(14-12-21)19-20-7-3-1-4-8-20/h2,5-6,9-10,20-21H,1,3-4,7-8,11-19H2. The molecule has 148 valence electrons. The Morgan fingerprint density at radius 3 is 2.15 bits per heavy atom. The fourth-order valence-electron chi connectivity index (χ4n) is 5.18. The quantitative estimate of drug-likeness (QED) is 0.811. The molecule has 2 aliphatic heterocycles. The van der Waals surface area contributed by atoms with Crippen LogP contribution in [0.15, 0.2) is 30.3 Å². The highest BCUT2D eigenvalue weighted by Gasteiger charge is 2.31. The highest BCUT2D eigenvalue weighted by atomic mass is 16.2. The molecule has 1 aromatic rings. The first-order chi connectivity index (χ1) is 13.3. The van der Waals surface area contributed by atoms with Crippen LogP contribution in [0.2, 0.25) is 0 Å². The SMILES string of the molecule is O=C(C1CCN(CC2CCCCC2)CC1)N1CCN(c2ccccc2)CC1. The highest BCUT2D eigenvalue weighted by molar-refractivity contribution is 5.79. The molecule has 1 amide bonds. The van der Waals surface area contributed by atoms with Gasteiger partial charge >= 0.3 is 0 Å². The average molecular weight is 370 g/mol. The molecule has 4 nitrogen and oxygen atoms in total. The number of likely N-dealkylation sites (tertiary alicyclic amines) is 1. The van der Waals surface area contributed by atoms with E-state index in [2.05, 4.69) is 45.0 Å². The molecule has 0 aromatic heterocycles. The summed E-state index contributed by atoms with van der Waals surface area (Å²) in [4.78, 5) is 20.1. The number of amides is 1. The Morgan fingerprint density at radius 2 is 1.48 bits per heavy atom. The molecule has 1 aliphatic carbocycles. The molecule has 0 spiro atoms. The largest absolute Gasteiger partial charge is 0.368 e. The van der Waals surface area contributed by atoms with Crippen LogP contribution in [0.4, 0.5) is 5.69 Å². The van der Waals surface area contributed by atoms with Crippen LogP contribution in [0.5, 0.6) is 0 Å². The Labute approximate surface area is 164 Å². The maximum absolute atomic E-state index is 13.0. The van der Waals surface area contributed by atoms with Crippen molar-refractivity contribution >= 4 is 11.6 Å². The fourth-order valence-corrected chi connectivity index (χ4v) is 5.18. The first-order valence-corrected chi connectivity index (χ1v) is 11.1. The average Bonchev–Trinajstić information content (AvgIpc) is 2.75. The lowest BCUT2D eigenvalue weighted by Gasteiger charge is -2.40. The van der Waals surface area contributed by atoms with Crippen LogP contribution in [0, 0.1) is 11.8 Å². The van der Waals surface area contributed by atoms with Crippen molar-refractivity contribution in [1.82, 2.24) is 9.80 Å². The monoisotopic (exact) mass is 369 g/mol. The molecule has 1 aromatic carbocycles. The Morgan fingerprint density at radius 1 is 0.815 bits per heavy atom. The predicted molar refractivity (Wildman–Crippen MR) is 111 cm³/mol. The van der Waals surface area contributed by atoms with E-state index in [-0.39, 0.29) is 5.92 Å². The Balaban J connectivity index is 1.20. The molecule has 2 saturated heterocycles. The molecular formula is C23H35N3O. The van der Waals surface area contributed by atoms with Crippen molar-refractivity contribution in [3.05, 3.63) is 30.3 Å². The first kappa shape index (κ1) is 18.8. The second-order valence-corrected chi connectivity index (χ2v) is 8.73. The molecule has 2 heterocycles. The van der Waals surface area contributed by atoms with Crippen LogP contribution in [0.1, 0.15) is 44.9 Å². The number of anilines is 1. The maximum atomic E-state index is 13.0. The molecule has 0 bridgehead atoms. The molecule has 4 rings (SSSR count). The van der Waals surface area contributed by atoms with Gasteiger partial charge in [0.15, 0.2) is 0 Å². The molecule has 27 heavy (non-hydrogen) atoms. The molecule has 3 fully saturated rings. The number of benzene rings is 1. The van der Waals surface area contributed by atoms with Gasteiger partial charge in [0.05, 0.1) is 0 Å². The molecule has 0 atom stereocenters. The van der Waals surface area contributed by atoms with E-state index in [0.717, 1.165) is 58.0 Å². The minimum Gasteiger partial charge on any atom is -0.368 e. The van der Waals surface area contributed by atoms with E-state index in [1.165, 1.54) is 44.3 Å². The van der Waals surface area contributed by atoms with Gasteiger partial charge in [-0.1, -0.05) is 37.5 Å². The van der Waals surface area contributed by atoms with Crippen molar-refractivity contribution in [1.29, 1.82) is 0 Å². The highest BCUT2D eigenvalue weighted by Crippen LogP contribution is 2.27. The summed E-state index contributed by atoms with van der Waals surface area (Å²) in [5.74, 6) is 1.59. The van der Waals surface area contributed by atoms with Gasteiger partial charge in [0.2, 0.25) is 5.91 Å². The molecule has 0 radical (unpaired) electrons. The third kappa shape index (κ3) is 4.84. The van der Waals surface area contributed by atoms with E-state index in [9.17, 15) is 4.79 Å². The van der Waals surface area contributed by atoms with Crippen LogP contribution >= 0.6 is 0 Å². The summed E-state index contributed by atoms with van der Waals surface area (Å²) in [5, 5.41) is 0. The summed E-state index contributed by atoms with van der Waals surface area (Å²) >= 11 is 0. The first-order valence-electron chi connectivity index (χ1n) is 11.1. The Hall–Kier alpha value is -1.55. The number of para-hydroxylation sites is 1. The molecule has 3 aliphatic rings. The van der Waals surface area contributed by atoms with Gasteiger partial charge in [-0.2, -0.15) is 0 Å². The number of nitrogens with zero attached hydrogens (tertiary/aromatic N) is 3. The number of piperidine rings is 1. The fraction of sp³-hybridized carbons (Fsp3) is 0.696. The topological polar surface area (TPSA) is 26.8 Å². The van der Waals surface area contributed by atoms with Crippen molar-refractivity contribution in [3.63, 3.8) is 0 Å². The van der Waals surface area contributed by atoms with Gasteiger partial charge in [-0.05, 0) is 56.8 Å². The summed E-state index contributed by atoms with van der Waals surface area (Å²) in [5.41, 5.74) is 1.28. The minimum absolute atomic E-state index is 0.260. The van der Waals surface area contributed by atoms with E-state index in [4.69, 9.17) is 0 Å². The summed E-state index contributed by atoms with van der Waals surface area (Å²) in [6.45, 7) is 7.17. The molecule has 4 heteroatoms. The summed E-state index contributed by atoms with van der Waals surface area (Å²) < 4.78 is 0. The normalized spacial score (nSPS) is 23.6. The van der Waals surface area contributed by atoms with Crippen molar-refractivity contribution in [2.45, 2.75) is 44.9 Å². The molecule has 1 saturated carbocycles. The van der Waals surface area contributed by atoms with E-state index in [1.807, 2.05) is 0 Å². The van der Waals surface area contributed by atoms with Gasteiger partial charge in [-0.15, -0.1) is 0 Å². The lowest BCUT2D eigenvalue weighted by atomic mass is 9.87.